The summed E-state index contributed by atoms with van der Waals surface area (Å²) in [4.78, 5) is 2.09. The molecule has 0 bridgehead atoms. The molecule has 18 heavy (non-hydrogen) atoms. The van der Waals surface area contributed by atoms with Gasteiger partial charge in [0, 0.05) is 12.1 Å². The quantitative estimate of drug-likeness (QED) is 0.780. The molecule has 0 atom stereocenters. The lowest BCUT2D eigenvalue weighted by Crippen LogP contribution is -2.48. The van der Waals surface area contributed by atoms with Crippen molar-refractivity contribution in [2.24, 2.45) is 0 Å². The van der Waals surface area contributed by atoms with Gasteiger partial charge >= 0.3 is 0 Å². The van der Waals surface area contributed by atoms with Crippen LogP contribution in [-0.2, 0) is 10.0 Å². The van der Waals surface area contributed by atoms with E-state index in [9.17, 15) is 8.42 Å². The van der Waals surface area contributed by atoms with Gasteiger partial charge in [0.25, 0.3) is 0 Å². The van der Waals surface area contributed by atoms with Gasteiger partial charge in [-0.15, -0.1) is 0 Å². The van der Waals surface area contributed by atoms with Crippen LogP contribution >= 0.6 is 0 Å². The predicted octanol–water partition coefficient (Wildman–Crippen LogP) is 0.887. The number of rotatable bonds is 5. The Hall–Kier alpha value is -1.11. The van der Waals surface area contributed by atoms with E-state index in [0.717, 1.165) is 0 Å². The van der Waals surface area contributed by atoms with Crippen LogP contribution in [0.15, 0.2) is 29.2 Å². The van der Waals surface area contributed by atoms with Gasteiger partial charge in [-0.05, 0) is 40.1 Å². The van der Waals surface area contributed by atoms with Gasteiger partial charge in [0.15, 0.2) is 0 Å². The van der Waals surface area contributed by atoms with Crippen LogP contribution < -0.4 is 10.5 Å². The fraction of sp³-hybridized carbons (Fsp3) is 0.500. The minimum Gasteiger partial charge on any atom is -0.398 e. The van der Waals surface area contributed by atoms with E-state index in [4.69, 9.17) is 5.73 Å². The van der Waals surface area contributed by atoms with Gasteiger partial charge in [-0.3, -0.25) is 0 Å². The minimum absolute atomic E-state index is 0.125. The average molecular weight is 271 g/mol. The Morgan fingerprint density at radius 3 is 2.33 bits per heavy atom. The third-order valence-electron chi connectivity index (χ3n) is 3.11. The summed E-state index contributed by atoms with van der Waals surface area (Å²) in [5.74, 6) is 0. The molecule has 0 aliphatic rings. The van der Waals surface area contributed by atoms with E-state index in [1.807, 2.05) is 32.8 Å². The van der Waals surface area contributed by atoms with Gasteiger partial charge < -0.3 is 10.6 Å². The first-order valence-corrected chi connectivity index (χ1v) is 7.17. The van der Waals surface area contributed by atoms with Crippen molar-refractivity contribution in [2.75, 3.05) is 26.4 Å². The number of sulfonamides is 1. The van der Waals surface area contributed by atoms with Crippen molar-refractivity contribution in [1.29, 1.82) is 0 Å². The largest absolute Gasteiger partial charge is 0.398 e. The highest BCUT2D eigenvalue weighted by Crippen LogP contribution is 2.18. The molecule has 6 heteroatoms. The summed E-state index contributed by atoms with van der Waals surface area (Å²) in [5.41, 5.74) is 5.67. The number of para-hydroxylation sites is 1. The lowest BCUT2D eigenvalue weighted by Gasteiger charge is -2.32. The highest BCUT2D eigenvalue weighted by atomic mass is 32.2. The molecule has 1 aromatic carbocycles. The minimum atomic E-state index is -3.56. The molecule has 0 heterocycles. The Bertz CT molecular complexity index is 510. The Kier molecular flexibility index (Phi) is 4.37. The fourth-order valence-electron chi connectivity index (χ4n) is 1.23. The number of hydrogen-bond acceptors (Lipinski definition) is 4. The summed E-state index contributed by atoms with van der Waals surface area (Å²) in [6, 6.07) is 6.44. The molecule has 102 valence electrons. The van der Waals surface area contributed by atoms with Crippen LogP contribution in [0.1, 0.15) is 13.8 Å². The summed E-state index contributed by atoms with van der Waals surface area (Å²) in [5, 5.41) is 0. The first-order valence-electron chi connectivity index (χ1n) is 5.68. The van der Waals surface area contributed by atoms with E-state index in [2.05, 4.69) is 4.72 Å². The molecule has 0 saturated heterocycles. The summed E-state index contributed by atoms with van der Waals surface area (Å²) >= 11 is 0. The molecule has 0 saturated carbocycles. The predicted molar refractivity (Wildman–Crippen MR) is 73.8 cm³/mol. The molecular weight excluding hydrogens is 250 g/mol. The Morgan fingerprint density at radius 2 is 1.83 bits per heavy atom. The number of anilines is 1. The average Bonchev–Trinajstić information content (AvgIpc) is 2.27. The van der Waals surface area contributed by atoms with Crippen molar-refractivity contribution in [2.45, 2.75) is 24.3 Å². The second-order valence-electron chi connectivity index (χ2n) is 5.07. The molecule has 3 N–H and O–H groups in total. The van der Waals surface area contributed by atoms with Crippen LogP contribution in [0.2, 0.25) is 0 Å². The maximum absolute atomic E-state index is 12.1. The Balaban J connectivity index is 2.88. The molecule has 0 fully saturated rings. The zero-order valence-corrected chi connectivity index (χ0v) is 12.1. The van der Waals surface area contributed by atoms with Crippen molar-refractivity contribution in [1.82, 2.24) is 9.62 Å². The van der Waals surface area contributed by atoms with Gasteiger partial charge in [0.1, 0.15) is 4.90 Å². The maximum atomic E-state index is 12.1. The number of nitrogens with zero attached hydrogens (tertiary/aromatic N) is 1. The van der Waals surface area contributed by atoms with E-state index < -0.39 is 10.0 Å². The molecule has 0 aliphatic heterocycles. The topological polar surface area (TPSA) is 75.4 Å². The van der Waals surface area contributed by atoms with Crippen molar-refractivity contribution < 1.29 is 8.42 Å². The maximum Gasteiger partial charge on any atom is 0.242 e. The number of hydrogen-bond donors (Lipinski definition) is 2. The number of benzene rings is 1. The summed E-state index contributed by atoms with van der Waals surface area (Å²) < 4.78 is 26.8. The van der Waals surface area contributed by atoms with E-state index in [1.165, 1.54) is 6.07 Å². The number of nitrogens with one attached hydrogen (secondary N) is 1. The molecular formula is C12H21N3O2S. The van der Waals surface area contributed by atoms with E-state index >= 15 is 0 Å². The van der Waals surface area contributed by atoms with Crippen molar-refractivity contribution in [3.8, 4) is 0 Å². The third-order valence-corrected chi connectivity index (χ3v) is 4.59. The lowest BCUT2D eigenvalue weighted by atomic mass is 10.1. The van der Waals surface area contributed by atoms with Crippen LogP contribution in [0.4, 0.5) is 5.69 Å². The Labute approximate surface area is 109 Å². The molecule has 0 aromatic heterocycles. The van der Waals surface area contributed by atoms with Gasteiger partial charge in [-0.1, -0.05) is 12.1 Å². The second-order valence-corrected chi connectivity index (χ2v) is 6.80. The molecule has 0 radical (unpaired) electrons. The zero-order chi connectivity index (χ0) is 14.0. The third kappa shape index (κ3) is 3.44. The van der Waals surface area contributed by atoms with Gasteiger partial charge in [-0.25, -0.2) is 13.1 Å². The highest BCUT2D eigenvalue weighted by molar-refractivity contribution is 7.89. The van der Waals surface area contributed by atoms with Crippen LogP contribution in [0.25, 0.3) is 0 Å². The molecule has 0 amide bonds. The molecule has 0 unspecified atom stereocenters. The normalized spacial score (nSPS) is 12.9. The van der Waals surface area contributed by atoms with Crippen LogP contribution in [0, 0.1) is 0 Å². The lowest BCUT2D eigenvalue weighted by molar-refractivity contribution is 0.199. The van der Waals surface area contributed by atoms with Gasteiger partial charge in [-0.2, -0.15) is 0 Å². The molecule has 1 aromatic rings. The summed E-state index contributed by atoms with van der Waals surface area (Å²) in [6.07, 6.45) is 0. The van der Waals surface area contributed by atoms with Crippen molar-refractivity contribution in [3.63, 3.8) is 0 Å². The first kappa shape index (κ1) is 14.9. The van der Waals surface area contributed by atoms with Crippen LogP contribution in [0.3, 0.4) is 0 Å². The molecule has 0 aliphatic carbocycles. The van der Waals surface area contributed by atoms with E-state index in [-0.39, 0.29) is 16.1 Å². The standard InChI is InChI=1S/C12H21N3O2S/c1-12(2,15(3)4)9-14-18(16,17)11-8-6-5-7-10(11)13/h5-8,14H,9,13H2,1-4H3. The molecule has 1 rings (SSSR count). The zero-order valence-electron chi connectivity index (χ0n) is 11.3. The molecule has 0 spiro atoms. The second kappa shape index (κ2) is 5.26. The first-order chi connectivity index (χ1) is 8.17. The SMILES string of the molecule is CN(C)C(C)(C)CNS(=O)(=O)c1ccccc1N. The van der Waals surface area contributed by atoms with Gasteiger partial charge in [0.2, 0.25) is 10.0 Å². The Morgan fingerprint density at radius 1 is 1.28 bits per heavy atom. The number of nitrogens with two attached hydrogens (primary N) is 1. The van der Waals surface area contributed by atoms with Crippen LogP contribution in [0.5, 0.6) is 0 Å². The summed E-state index contributed by atoms with van der Waals surface area (Å²) in [7, 11) is 0.256. The fourth-order valence-corrected chi connectivity index (χ4v) is 2.57. The summed E-state index contributed by atoms with van der Waals surface area (Å²) in [6.45, 7) is 4.24. The van der Waals surface area contributed by atoms with E-state index in [1.54, 1.807) is 18.2 Å². The monoisotopic (exact) mass is 271 g/mol. The molecule has 5 nitrogen and oxygen atoms in total. The van der Waals surface area contributed by atoms with Crippen molar-refractivity contribution in [3.05, 3.63) is 24.3 Å². The van der Waals surface area contributed by atoms with Crippen molar-refractivity contribution >= 4 is 15.7 Å². The highest BCUT2D eigenvalue weighted by Gasteiger charge is 2.24. The van der Waals surface area contributed by atoms with E-state index in [0.29, 0.717) is 6.54 Å². The smallest absolute Gasteiger partial charge is 0.242 e. The number of nitrogen functional groups attached to an aromatic ring is 1. The van der Waals surface area contributed by atoms with Gasteiger partial charge in [0.05, 0.1) is 5.69 Å². The van der Waals surface area contributed by atoms with Crippen LogP contribution in [-0.4, -0.2) is 39.5 Å². The number of likely N-dealkylation sites (N-methyl/N-ethyl adjacent to an activating group) is 1.